The average Bonchev–Trinajstić information content (AvgIpc) is 2.83. The van der Waals surface area contributed by atoms with Crippen LogP contribution < -0.4 is 10.2 Å². The molecule has 6 heteroatoms. The number of hydrogen-bond acceptors (Lipinski definition) is 3. The van der Waals surface area contributed by atoms with Gasteiger partial charge >= 0.3 is 5.97 Å². The normalized spacial score (nSPS) is 17.6. The lowest BCUT2D eigenvalue weighted by atomic mass is 10.1. The topological polar surface area (TPSA) is 86.7 Å². The van der Waals surface area contributed by atoms with E-state index in [9.17, 15) is 14.4 Å². The number of carbonyl (C=O) groups excluding carboxylic acids is 2. The molecule has 1 aromatic carbocycles. The molecule has 1 unspecified atom stereocenters. The van der Waals surface area contributed by atoms with Crippen molar-refractivity contribution in [3.8, 4) is 0 Å². The highest BCUT2D eigenvalue weighted by atomic mass is 16.4. The molecule has 0 bridgehead atoms. The van der Waals surface area contributed by atoms with E-state index >= 15 is 0 Å². The van der Waals surface area contributed by atoms with Crippen molar-refractivity contribution in [3.63, 3.8) is 0 Å². The van der Waals surface area contributed by atoms with Gasteiger partial charge in [0.25, 0.3) is 0 Å². The SMILES string of the molecule is Cc1ccc(N(CC(=O)O)C(=O)C2CCC(=O)N2)cc1. The minimum Gasteiger partial charge on any atom is -0.480 e. The van der Waals surface area contributed by atoms with Crippen LogP contribution in [-0.2, 0) is 14.4 Å². The smallest absolute Gasteiger partial charge is 0.323 e. The monoisotopic (exact) mass is 276 g/mol. The van der Waals surface area contributed by atoms with Crippen molar-refractivity contribution in [1.29, 1.82) is 0 Å². The lowest BCUT2D eigenvalue weighted by molar-refractivity contribution is -0.136. The van der Waals surface area contributed by atoms with E-state index in [0.29, 0.717) is 18.5 Å². The Morgan fingerprint density at radius 3 is 2.50 bits per heavy atom. The summed E-state index contributed by atoms with van der Waals surface area (Å²) in [5.41, 5.74) is 1.54. The van der Waals surface area contributed by atoms with E-state index in [2.05, 4.69) is 5.32 Å². The fourth-order valence-electron chi connectivity index (χ4n) is 2.14. The molecule has 1 atom stereocenters. The quantitative estimate of drug-likeness (QED) is 0.847. The van der Waals surface area contributed by atoms with Crippen LogP contribution in [0, 0.1) is 6.92 Å². The van der Waals surface area contributed by atoms with Gasteiger partial charge in [-0.1, -0.05) is 17.7 Å². The number of nitrogens with zero attached hydrogens (tertiary/aromatic N) is 1. The van der Waals surface area contributed by atoms with E-state index in [0.717, 1.165) is 5.56 Å². The highest BCUT2D eigenvalue weighted by Crippen LogP contribution is 2.18. The number of carboxylic acid groups (broad SMARTS) is 1. The first-order valence-corrected chi connectivity index (χ1v) is 6.36. The van der Waals surface area contributed by atoms with Gasteiger partial charge in [0.05, 0.1) is 0 Å². The Morgan fingerprint density at radius 2 is 2.00 bits per heavy atom. The minimum atomic E-state index is -1.09. The number of aryl methyl sites for hydroxylation is 1. The lowest BCUT2D eigenvalue weighted by Gasteiger charge is -2.24. The molecule has 20 heavy (non-hydrogen) atoms. The third-order valence-electron chi connectivity index (χ3n) is 3.20. The van der Waals surface area contributed by atoms with Crippen LogP contribution in [0.4, 0.5) is 5.69 Å². The van der Waals surface area contributed by atoms with Crippen molar-refractivity contribution >= 4 is 23.5 Å². The molecule has 0 aliphatic carbocycles. The zero-order chi connectivity index (χ0) is 14.7. The molecule has 0 aromatic heterocycles. The molecule has 1 fully saturated rings. The molecule has 2 N–H and O–H groups in total. The molecule has 1 aliphatic rings. The van der Waals surface area contributed by atoms with Crippen molar-refractivity contribution in [1.82, 2.24) is 5.32 Å². The molecule has 1 aromatic rings. The predicted molar refractivity (Wildman–Crippen MR) is 72.3 cm³/mol. The Morgan fingerprint density at radius 1 is 1.35 bits per heavy atom. The standard InChI is InChI=1S/C14H16N2O4/c1-9-2-4-10(5-3-9)16(8-13(18)19)14(20)11-6-7-12(17)15-11/h2-5,11H,6-8H2,1H3,(H,15,17)(H,18,19). The molecular formula is C14H16N2O4. The first kappa shape index (κ1) is 14.0. The molecular weight excluding hydrogens is 260 g/mol. The number of carboxylic acids is 1. The number of nitrogens with one attached hydrogen (secondary N) is 1. The van der Waals surface area contributed by atoms with Crippen LogP contribution in [0.25, 0.3) is 0 Å². The number of hydrogen-bond donors (Lipinski definition) is 2. The Hall–Kier alpha value is -2.37. The second-order valence-electron chi connectivity index (χ2n) is 4.81. The van der Waals surface area contributed by atoms with Gasteiger partial charge in [0.15, 0.2) is 0 Å². The van der Waals surface area contributed by atoms with Crippen molar-refractivity contribution < 1.29 is 19.5 Å². The molecule has 1 heterocycles. The van der Waals surface area contributed by atoms with Crippen LogP contribution in [0.1, 0.15) is 18.4 Å². The Balaban J connectivity index is 2.22. The number of anilines is 1. The van der Waals surface area contributed by atoms with E-state index in [1.165, 1.54) is 4.90 Å². The second kappa shape index (κ2) is 5.73. The van der Waals surface area contributed by atoms with Gasteiger partial charge in [0.1, 0.15) is 12.6 Å². The Labute approximate surface area is 116 Å². The first-order chi connectivity index (χ1) is 9.47. The van der Waals surface area contributed by atoms with Crippen molar-refractivity contribution in [2.75, 3.05) is 11.4 Å². The van der Waals surface area contributed by atoms with Crippen LogP contribution in [0.5, 0.6) is 0 Å². The summed E-state index contributed by atoms with van der Waals surface area (Å²) in [5, 5.41) is 11.5. The zero-order valence-electron chi connectivity index (χ0n) is 11.1. The maximum Gasteiger partial charge on any atom is 0.323 e. The van der Waals surface area contributed by atoms with Gasteiger partial charge in [-0.05, 0) is 25.5 Å². The molecule has 0 spiro atoms. The zero-order valence-corrected chi connectivity index (χ0v) is 11.1. The highest BCUT2D eigenvalue weighted by molar-refractivity contribution is 6.03. The van der Waals surface area contributed by atoms with Crippen LogP contribution in [0.3, 0.4) is 0 Å². The van der Waals surface area contributed by atoms with E-state index in [1.807, 2.05) is 19.1 Å². The molecule has 0 saturated carbocycles. The molecule has 106 valence electrons. The maximum atomic E-state index is 12.4. The van der Waals surface area contributed by atoms with Crippen LogP contribution in [0.2, 0.25) is 0 Å². The molecule has 6 nitrogen and oxygen atoms in total. The fourth-order valence-corrected chi connectivity index (χ4v) is 2.14. The predicted octanol–water partition coefficient (Wildman–Crippen LogP) is 0.691. The van der Waals surface area contributed by atoms with Crippen molar-refractivity contribution in [3.05, 3.63) is 29.8 Å². The summed E-state index contributed by atoms with van der Waals surface area (Å²) in [6, 6.07) is 6.39. The molecule has 2 rings (SSSR count). The number of benzene rings is 1. The number of amides is 2. The fraction of sp³-hybridized carbons (Fsp3) is 0.357. The average molecular weight is 276 g/mol. The van der Waals surface area contributed by atoms with Gasteiger partial charge < -0.3 is 10.4 Å². The second-order valence-corrected chi connectivity index (χ2v) is 4.81. The summed E-state index contributed by atoms with van der Waals surface area (Å²) < 4.78 is 0. The van der Waals surface area contributed by atoms with E-state index in [1.54, 1.807) is 12.1 Å². The summed E-state index contributed by atoms with van der Waals surface area (Å²) >= 11 is 0. The molecule has 1 aliphatic heterocycles. The number of rotatable bonds is 4. The third kappa shape index (κ3) is 3.14. The van der Waals surface area contributed by atoms with Gasteiger partial charge in [-0.2, -0.15) is 0 Å². The van der Waals surface area contributed by atoms with Crippen LogP contribution in [-0.4, -0.2) is 35.5 Å². The summed E-state index contributed by atoms with van der Waals surface area (Å²) in [6.07, 6.45) is 0.699. The molecule has 2 amide bonds. The summed E-state index contributed by atoms with van der Waals surface area (Å²) in [6.45, 7) is 1.48. The van der Waals surface area contributed by atoms with Gasteiger partial charge in [-0.25, -0.2) is 0 Å². The van der Waals surface area contributed by atoms with Crippen LogP contribution in [0.15, 0.2) is 24.3 Å². The summed E-state index contributed by atoms with van der Waals surface area (Å²) in [5.74, 6) is -1.66. The van der Waals surface area contributed by atoms with Gasteiger partial charge in [-0.15, -0.1) is 0 Å². The number of carbonyl (C=O) groups is 3. The minimum absolute atomic E-state index is 0.178. The van der Waals surface area contributed by atoms with Gasteiger partial charge in [0.2, 0.25) is 11.8 Å². The summed E-state index contributed by atoms with van der Waals surface area (Å²) in [4.78, 5) is 35.7. The van der Waals surface area contributed by atoms with Gasteiger partial charge in [-0.3, -0.25) is 19.3 Å². The Kier molecular flexibility index (Phi) is 4.02. The number of aliphatic carboxylic acids is 1. The van der Waals surface area contributed by atoms with Gasteiger partial charge in [0, 0.05) is 12.1 Å². The molecule has 1 saturated heterocycles. The third-order valence-corrected chi connectivity index (χ3v) is 3.20. The summed E-state index contributed by atoms with van der Waals surface area (Å²) in [7, 11) is 0. The van der Waals surface area contributed by atoms with E-state index < -0.39 is 18.6 Å². The van der Waals surface area contributed by atoms with E-state index in [-0.39, 0.29) is 11.8 Å². The largest absolute Gasteiger partial charge is 0.480 e. The van der Waals surface area contributed by atoms with Crippen molar-refractivity contribution in [2.45, 2.75) is 25.8 Å². The molecule has 0 radical (unpaired) electrons. The first-order valence-electron chi connectivity index (χ1n) is 6.36. The van der Waals surface area contributed by atoms with E-state index in [4.69, 9.17) is 5.11 Å². The van der Waals surface area contributed by atoms with Crippen molar-refractivity contribution in [2.24, 2.45) is 0 Å². The highest BCUT2D eigenvalue weighted by Gasteiger charge is 2.32. The van der Waals surface area contributed by atoms with Crippen LogP contribution >= 0.6 is 0 Å². The Bertz CT molecular complexity index is 539. The lowest BCUT2D eigenvalue weighted by Crippen LogP contribution is -2.46. The maximum absolute atomic E-state index is 12.4.